The van der Waals surface area contributed by atoms with Gasteiger partial charge in [0.1, 0.15) is 6.54 Å². The predicted molar refractivity (Wildman–Crippen MR) is 265 cm³/mol. The van der Waals surface area contributed by atoms with Crippen LogP contribution in [-0.4, -0.2) is 110 Å². The molecule has 322 valence electrons. The maximum atomic E-state index is 9.90. The van der Waals surface area contributed by atoms with Gasteiger partial charge in [0.2, 0.25) is 0 Å². The Labute approximate surface area is 363 Å². The number of likely N-dealkylation sites (N-methyl/N-ethyl adjacent to an activating group) is 1. The Morgan fingerprint density at radius 2 is 0.847 bits per heavy atom. The van der Waals surface area contributed by atoms with E-state index in [1.54, 1.807) is 21.2 Å². The highest BCUT2D eigenvalue weighted by Crippen LogP contribution is 2.60. The van der Waals surface area contributed by atoms with E-state index in [1.165, 1.54) is 82.6 Å². The molecule has 5 rings (SSSR count). The van der Waals surface area contributed by atoms with Crippen LogP contribution in [-0.2, 0) is 0 Å². The fourth-order valence-electron chi connectivity index (χ4n) is 11.0. The topological polar surface area (TPSA) is 32.3 Å². The molecule has 1 atom stereocenters. The first-order valence-corrected chi connectivity index (χ1v) is 27.5. The lowest BCUT2D eigenvalue weighted by Crippen LogP contribution is -2.65. The van der Waals surface area contributed by atoms with Crippen molar-refractivity contribution in [3.63, 3.8) is 0 Å². The Hall–Kier alpha value is -2.42. The van der Waals surface area contributed by atoms with Crippen LogP contribution in [0.4, 0.5) is 0 Å². The van der Waals surface area contributed by atoms with Crippen LogP contribution in [0, 0.1) is 0 Å². The van der Waals surface area contributed by atoms with Crippen molar-refractivity contribution in [3.8, 4) is 0 Å². The van der Waals surface area contributed by atoms with E-state index >= 15 is 0 Å². The zero-order chi connectivity index (χ0) is 42.5. The summed E-state index contributed by atoms with van der Waals surface area (Å²) in [5, 5.41) is 20.1. The number of hydrogen-bond acceptors (Lipinski definition) is 2. The monoisotopic (exact) mass is 840 g/mol. The lowest BCUT2D eigenvalue weighted by atomic mass is 9.78. The van der Waals surface area contributed by atoms with Crippen molar-refractivity contribution < 1.29 is 14.1 Å². The summed E-state index contributed by atoms with van der Waals surface area (Å²) >= 11 is 0. The second kappa shape index (κ2) is 21.6. The molecule has 0 aliphatic carbocycles. The molecular weight excluding hydrogens is 757 g/mol. The molecule has 1 aliphatic heterocycles. The number of rotatable bonds is 24. The summed E-state index contributed by atoms with van der Waals surface area (Å²) in [6.45, 7) is 16.5. The average molecular weight is 840 g/mol. The van der Waals surface area contributed by atoms with E-state index < -0.39 is 14.5 Å². The van der Waals surface area contributed by atoms with Gasteiger partial charge in [0.15, 0.2) is 0 Å². The van der Waals surface area contributed by atoms with Crippen LogP contribution in [0.2, 0.25) is 0 Å². The van der Waals surface area contributed by atoms with Gasteiger partial charge in [-0.3, -0.25) is 0 Å². The van der Waals surface area contributed by atoms with Crippen LogP contribution in [0.5, 0.6) is 0 Å². The number of piperidine rings is 1. The molecule has 1 saturated heterocycles. The summed E-state index contributed by atoms with van der Waals surface area (Å²) in [7, 11) is 4.02. The number of aliphatic hydroxyl groups is 1. The molecule has 0 amide bonds. The van der Waals surface area contributed by atoms with Crippen molar-refractivity contribution in [1.29, 1.82) is 0 Å². The predicted octanol–water partition coefficient (Wildman–Crippen LogP) is 9.90. The molecule has 4 aromatic carbocycles. The Morgan fingerprint density at radius 3 is 1.19 bits per heavy atom. The van der Waals surface area contributed by atoms with Gasteiger partial charge in [-0.2, -0.15) is 0 Å². The molecular formula is C53H83N3OP2+4. The van der Waals surface area contributed by atoms with Crippen LogP contribution in [0.1, 0.15) is 92.4 Å². The maximum Gasteiger partial charge on any atom is 0.102 e. The van der Waals surface area contributed by atoms with E-state index in [2.05, 4.69) is 182 Å². The summed E-state index contributed by atoms with van der Waals surface area (Å²) in [5.74, 6) is 0. The molecule has 1 heterocycles. The first-order valence-electron chi connectivity index (χ1n) is 23.2. The number of benzene rings is 4. The largest absolute Gasteiger partial charge is 0.391 e. The zero-order valence-electron chi connectivity index (χ0n) is 38.6. The maximum absolute atomic E-state index is 9.90. The van der Waals surface area contributed by atoms with Gasteiger partial charge in [-0.1, -0.05) is 79.7 Å². The number of quaternary nitrogens is 2. The van der Waals surface area contributed by atoms with Crippen molar-refractivity contribution in [2.45, 2.75) is 110 Å². The summed E-state index contributed by atoms with van der Waals surface area (Å²) < 4.78 is 2.09. The van der Waals surface area contributed by atoms with E-state index in [4.69, 9.17) is 0 Å². The second-order valence-corrected chi connectivity index (χ2v) is 28.0. The minimum atomic E-state index is -1.67. The fourth-order valence-corrected chi connectivity index (χ4v) is 20.1. The first kappa shape index (κ1) is 47.6. The lowest BCUT2D eigenvalue weighted by molar-refractivity contribution is -0.917. The normalized spacial score (nSPS) is 17.1. The highest BCUT2D eigenvalue weighted by atomic mass is 31.2. The van der Waals surface area contributed by atoms with Crippen LogP contribution in [0.15, 0.2) is 121 Å². The molecule has 0 bridgehead atoms. The molecule has 0 spiro atoms. The molecule has 1 unspecified atom stereocenters. The minimum Gasteiger partial charge on any atom is -0.391 e. The molecule has 0 aromatic heterocycles. The van der Waals surface area contributed by atoms with Gasteiger partial charge in [-0.25, -0.2) is 0 Å². The van der Waals surface area contributed by atoms with Crippen molar-refractivity contribution in [3.05, 3.63) is 121 Å². The Bertz CT molecular complexity index is 1680. The Morgan fingerprint density at radius 1 is 0.508 bits per heavy atom. The van der Waals surface area contributed by atoms with E-state index in [9.17, 15) is 5.11 Å². The fraction of sp³-hybridized carbons (Fsp3) is 0.547. The molecule has 1 fully saturated rings. The standard InChI is InChI=1S/C53H83N3OP2/c1-9-36-56(8,39-40-57)38-23-25-42-59(50-32-18-12-19-33-50,51-34-20-13-21-35-51)44-27-26-43-58(48-28-14-10-15-29-48,49-30-16-11-17-31-49)41-24-22-37-55(6,7)47-45-52(2,3)54-53(4,5)46-47/h10-21,28-35,47,54,57H,9,22-27,36-46H2,1-8H3/q+4. The van der Waals surface area contributed by atoms with Gasteiger partial charge in [-0.05, 0) is 108 Å². The van der Waals surface area contributed by atoms with Crippen LogP contribution in [0.25, 0.3) is 0 Å². The van der Waals surface area contributed by atoms with Crippen molar-refractivity contribution in [2.75, 3.05) is 78.6 Å². The summed E-state index contributed by atoms with van der Waals surface area (Å²) in [6, 6.07) is 47.4. The molecule has 59 heavy (non-hydrogen) atoms. The lowest BCUT2D eigenvalue weighted by Gasteiger charge is -2.51. The quantitative estimate of drug-likeness (QED) is 0.0419. The van der Waals surface area contributed by atoms with Gasteiger partial charge in [0.05, 0.1) is 114 Å². The molecule has 2 N–H and O–H groups in total. The number of aliphatic hydroxyl groups excluding tert-OH is 1. The molecule has 0 saturated carbocycles. The third-order valence-electron chi connectivity index (χ3n) is 13.9. The Balaban J connectivity index is 1.38. The van der Waals surface area contributed by atoms with Gasteiger partial charge in [-0.15, -0.1) is 0 Å². The summed E-state index contributed by atoms with van der Waals surface area (Å²) in [4.78, 5) is 0. The molecule has 4 aromatic rings. The second-order valence-electron chi connectivity index (χ2n) is 20.3. The molecule has 6 heteroatoms. The third kappa shape index (κ3) is 13.0. The summed E-state index contributed by atoms with van der Waals surface area (Å²) in [5.41, 5.74) is 0.333. The van der Waals surface area contributed by atoms with Gasteiger partial charge >= 0.3 is 0 Å². The van der Waals surface area contributed by atoms with Crippen molar-refractivity contribution >= 4 is 35.7 Å². The molecule has 1 aliphatic rings. The van der Waals surface area contributed by atoms with Gasteiger partial charge in [0, 0.05) is 36.8 Å². The number of unbranched alkanes of at least 4 members (excludes halogenated alkanes) is 3. The van der Waals surface area contributed by atoms with Gasteiger partial charge < -0.3 is 19.4 Å². The Kier molecular flexibility index (Phi) is 17.4. The summed E-state index contributed by atoms with van der Waals surface area (Å²) in [6.07, 6.45) is 16.2. The number of nitrogens with one attached hydrogen (secondary N) is 1. The van der Waals surface area contributed by atoms with Crippen molar-refractivity contribution in [2.24, 2.45) is 0 Å². The average Bonchev–Trinajstić information content (AvgIpc) is 3.21. The highest BCUT2D eigenvalue weighted by molar-refractivity contribution is 7.90. The van der Waals surface area contributed by atoms with Crippen LogP contribution >= 0.6 is 14.5 Å². The zero-order valence-corrected chi connectivity index (χ0v) is 40.4. The third-order valence-corrected chi connectivity index (χ3v) is 23.4. The van der Waals surface area contributed by atoms with Crippen LogP contribution in [0.3, 0.4) is 0 Å². The number of nitrogens with zero attached hydrogens (tertiary/aromatic N) is 2. The molecule has 0 radical (unpaired) electrons. The van der Waals surface area contributed by atoms with E-state index in [-0.39, 0.29) is 17.7 Å². The van der Waals surface area contributed by atoms with E-state index in [1.807, 2.05) is 0 Å². The minimum absolute atomic E-state index is 0.166. The smallest absolute Gasteiger partial charge is 0.102 e. The van der Waals surface area contributed by atoms with Gasteiger partial charge in [0.25, 0.3) is 0 Å². The van der Waals surface area contributed by atoms with E-state index in [0.717, 1.165) is 35.0 Å². The SMILES string of the molecule is CCC[N+](C)(CCO)CCCC[P+](CCCC[P+](CCCC[N+](C)(C)C1CC(C)(C)NC(C)(C)C1)(c1ccccc1)c1ccccc1)(c1ccccc1)c1ccccc1. The highest BCUT2D eigenvalue weighted by Gasteiger charge is 2.46. The molecule has 4 nitrogen and oxygen atoms in total. The number of hydrogen-bond donors (Lipinski definition) is 2. The van der Waals surface area contributed by atoms with Crippen LogP contribution < -0.4 is 26.5 Å². The van der Waals surface area contributed by atoms with E-state index in [0.29, 0.717) is 6.04 Å². The van der Waals surface area contributed by atoms with Crippen molar-refractivity contribution in [1.82, 2.24) is 5.32 Å². The first-order chi connectivity index (χ1) is 28.2.